The van der Waals surface area contributed by atoms with Crippen LogP contribution < -0.4 is 0 Å². The molecule has 3 aromatic rings. The zero-order valence-corrected chi connectivity index (χ0v) is 8.75. The predicted octanol–water partition coefficient (Wildman–Crippen LogP) is 2.04. The van der Waals surface area contributed by atoms with Crippen LogP contribution in [0.15, 0.2) is 36.4 Å². The van der Waals surface area contributed by atoms with Crippen molar-refractivity contribution in [3.63, 3.8) is 0 Å². The normalized spacial score (nSPS) is 10.8. The molecular formula is C12H9N3O2. The van der Waals surface area contributed by atoms with E-state index in [9.17, 15) is 10.2 Å². The number of hydrogen-bond donors (Lipinski definition) is 3. The molecule has 84 valence electrons. The summed E-state index contributed by atoms with van der Waals surface area (Å²) in [5.74, 6) is 0.0709. The summed E-state index contributed by atoms with van der Waals surface area (Å²) in [4.78, 5) is 0. The molecule has 0 radical (unpaired) electrons. The summed E-state index contributed by atoms with van der Waals surface area (Å²) < 4.78 is 0. The number of benzene rings is 2. The molecule has 0 aliphatic carbocycles. The molecule has 5 nitrogen and oxygen atoms in total. The molecule has 0 unspecified atom stereocenters. The van der Waals surface area contributed by atoms with E-state index in [4.69, 9.17) is 0 Å². The Balaban J connectivity index is 2.19. The maximum atomic E-state index is 9.76. The fraction of sp³-hybridized carbons (Fsp3) is 0. The summed E-state index contributed by atoms with van der Waals surface area (Å²) >= 11 is 0. The van der Waals surface area contributed by atoms with E-state index in [1.54, 1.807) is 6.07 Å². The first-order chi connectivity index (χ1) is 8.24. The highest BCUT2D eigenvalue weighted by molar-refractivity contribution is 5.82. The second-order valence-corrected chi connectivity index (χ2v) is 3.75. The minimum Gasteiger partial charge on any atom is -0.508 e. The van der Waals surface area contributed by atoms with Crippen LogP contribution in [-0.4, -0.2) is 25.6 Å². The number of phenolic OH excluding ortho intramolecular Hbond substituents is 2. The highest BCUT2D eigenvalue weighted by atomic mass is 16.3. The molecule has 0 saturated heterocycles. The summed E-state index contributed by atoms with van der Waals surface area (Å²) in [6.45, 7) is 0. The fourth-order valence-corrected chi connectivity index (χ4v) is 1.77. The Morgan fingerprint density at radius 2 is 1.88 bits per heavy atom. The summed E-state index contributed by atoms with van der Waals surface area (Å²) in [6, 6.07) is 10.0. The average Bonchev–Trinajstić information content (AvgIpc) is 2.75. The van der Waals surface area contributed by atoms with Gasteiger partial charge in [0.25, 0.3) is 0 Å². The van der Waals surface area contributed by atoms with Gasteiger partial charge >= 0.3 is 0 Å². The molecule has 1 aromatic heterocycles. The third kappa shape index (κ3) is 1.57. The van der Waals surface area contributed by atoms with E-state index in [2.05, 4.69) is 15.4 Å². The molecule has 0 aliphatic heterocycles. The maximum absolute atomic E-state index is 9.76. The number of aromatic nitrogens is 3. The Kier molecular flexibility index (Phi) is 1.98. The summed E-state index contributed by atoms with van der Waals surface area (Å²) in [5.41, 5.74) is 3.04. The third-order valence-electron chi connectivity index (χ3n) is 2.62. The molecule has 2 aromatic carbocycles. The van der Waals surface area contributed by atoms with Crippen LogP contribution in [0.2, 0.25) is 0 Å². The van der Waals surface area contributed by atoms with Crippen LogP contribution in [0.4, 0.5) is 0 Å². The molecule has 0 spiro atoms. The van der Waals surface area contributed by atoms with Crippen molar-refractivity contribution < 1.29 is 10.2 Å². The molecular weight excluding hydrogens is 218 g/mol. The number of rotatable bonds is 1. The lowest BCUT2D eigenvalue weighted by Crippen LogP contribution is -1.80. The van der Waals surface area contributed by atoms with Gasteiger partial charge in [-0.25, -0.2) is 0 Å². The van der Waals surface area contributed by atoms with Gasteiger partial charge < -0.3 is 10.2 Å². The average molecular weight is 227 g/mol. The van der Waals surface area contributed by atoms with Gasteiger partial charge in [-0.1, -0.05) is 11.3 Å². The van der Waals surface area contributed by atoms with Crippen molar-refractivity contribution in [1.82, 2.24) is 15.4 Å². The van der Waals surface area contributed by atoms with Gasteiger partial charge in [-0.15, -0.1) is 5.10 Å². The van der Waals surface area contributed by atoms with Crippen molar-refractivity contribution in [2.24, 2.45) is 0 Å². The van der Waals surface area contributed by atoms with Crippen molar-refractivity contribution in [3.8, 4) is 22.6 Å². The van der Waals surface area contributed by atoms with E-state index >= 15 is 0 Å². The number of nitrogens with zero attached hydrogens (tertiary/aromatic N) is 2. The van der Waals surface area contributed by atoms with Gasteiger partial charge in [0.05, 0.1) is 5.52 Å². The second kappa shape index (κ2) is 3.48. The van der Waals surface area contributed by atoms with E-state index in [1.807, 2.05) is 18.2 Å². The van der Waals surface area contributed by atoms with E-state index in [1.165, 1.54) is 12.1 Å². The molecule has 0 bridgehead atoms. The molecule has 3 N–H and O–H groups in total. The number of hydrogen-bond acceptors (Lipinski definition) is 4. The van der Waals surface area contributed by atoms with Gasteiger partial charge in [0.1, 0.15) is 17.0 Å². The molecule has 1 heterocycles. The van der Waals surface area contributed by atoms with Gasteiger partial charge in [0.15, 0.2) is 0 Å². The van der Waals surface area contributed by atoms with Crippen LogP contribution in [-0.2, 0) is 0 Å². The first-order valence-electron chi connectivity index (χ1n) is 5.07. The van der Waals surface area contributed by atoms with Crippen LogP contribution in [0, 0.1) is 0 Å². The zero-order chi connectivity index (χ0) is 11.8. The number of aromatic amines is 1. The van der Waals surface area contributed by atoms with Crippen molar-refractivity contribution in [2.75, 3.05) is 0 Å². The first kappa shape index (κ1) is 9.65. The smallest absolute Gasteiger partial charge is 0.127 e. The van der Waals surface area contributed by atoms with E-state index in [0.717, 1.165) is 16.6 Å². The molecule has 5 heteroatoms. The molecule has 0 atom stereocenters. The van der Waals surface area contributed by atoms with Gasteiger partial charge in [-0.05, 0) is 29.8 Å². The largest absolute Gasteiger partial charge is 0.508 e. The van der Waals surface area contributed by atoms with Crippen molar-refractivity contribution in [2.45, 2.75) is 0 Å². The lowest BCUT2D eigenvalue weighted by molar-refractivity contribution is 0.452. The van der Waals surface area contributed by atoms with E-state index in [0.29, 0.717) is 5.56 Å². The topological polar surface area (TPSA) is 82.0 Å². The summed E-state index contributed by atoms with van der Waals surface area (Å²) in [5, 5.41) is 29.4. The first-order valence-corrected chi connectivity index (χ1v) is 5.07. The molecule has 0 fully saturated rings. The van der Waals surface area contributed by atoms with Gasteiger partial charge in [-0.3, -0.25) is 5.10 Å². The van der Waals surface area contributed by atoms with E-state index < -0.39 is 0 Å². The third-order valence-corrected chi connectivity index (χ3v) is 2.62. The Labute approximate surface area is 96.3 Å². The van der Waals surface area contributed by atoms with Crippen LogP contribution >= 0.6 is 0 Å². The molecule has 0 saturated carbocycles. The summed E-state index contributed by atoms with van der Waals surface area (Å²) in [6.07, 6.45) is 0. The van der Waals surface area contributed by atoms with Crippen LogP contribution in [0.25, 0.3) is 22.2 Å². The molecule has 0 aliphatic rings. The lowest BCUT2D eigenvalue weighted by atomic mass is 10.0. The Hall–Kier alpha value is -2.56. The minimum absolute atomic E-state index is 0.0350. The number of fused-ring (bicyclic) bond motifs is 1. The SMILES string of the molecule is Oc1ccc(-c2ccc3[nH]nnc3c2)c(O)c1. The van der Waals surface area contributed by atoms with Crippen LogP contribution in [0.3, 0.4) is 0 Å². The second-order valence-electron chi connectivity index (χ2n) is 3.75. The number of H-pyrrole nitrogens is 1. The Morgan fingerprint density at radius 3 is 2.71 bits per heavy atom. The lowest BCUT2D eigenvalue weighted by Gasteiger charge is -2.04. The standard InChI is InChI=1S/C12H9N3O2/c16-8-2-3-9(12(17)6-8)7-1-4-10-11(5-7)14-15-13-10/h1-6,16-17H,(H,13,14,15). The van der Waals surface area contributed by atoms with Crippen molar-refractivity contribution in [1.29, 1.82) is 0 Å². The van der Waals surface area contributed by atoms with Gasteiger partial charge in [0, 0.05) is 11.6 Å². The van der Waals surface area contributed by atoms with E-state index in [-0.39, 0.29) is 11.5 Å². The number of aromatic hydroxyl groups is 2. The highest BCUT2D eigenvalue weighted by Gasteiger charge is 2.07. The van der Waals surface area contributed by atoms with Crippen molar-refractivity contribution >= 4 is 11.0 Å². The van der Waals surface area contributed by atoms with Crippen LogP contribution in [0.1, 0.15) is 0 Å². The number of nitrogens with one attached hydrogen (secondary N) is 1. The highest BCUT2D eigenvalue weighted by Crippen LogP contribution is 2.32. The van der Waals surface area contributed by atoms with Gasteiger partial charge in [-0.2, -0.15) is 0 Å². The molecule has 0 amide bonds. The maximum Gasteiger partial charge on any atom is 0.127 e. The van der Waals surface area contributed by atoms with Gasteiger partial charge in [0.2, 0.25) is 0 Å². The fourth-order valence-electron chi connectivity index (χ4n) is 1.77. The molecule has 17 heavy (non-hydrogen) atoms. The summed E-state index contributed by atoms with van der Waals surface area (Å²) in [7, 11) is 0. The predicted molar refractivity (Wildman–Crippen MR) is 62.7 cm³/mol. The number of phenols is 2. The monoisotopic (exact) mass is 227 g/mol. The zero-order valence-electron chi connectivity index (χ0n) is 8.75. The molecule has 3 rings (SSSR count). The Bertz CT molecular complexity index is 691. The van der Waals surface area contributed by atoms with Crippen molar-refractivity contribution in [3.05, 3.63) is 36.4 Å². The Morgan fingerprint density at radius 1 is 1.00 bits per heavy atom. The quantitative estimate of drug-likeness (QED) is 0.594. The van der Waals surface area contributed by atoms with Crippen LogP contribution in [0.5, 0.6) is 11.5 Å². The minimum atomic E-state index is 0.0350.